The van der Waals surface area contributed by atoms with E-state index in [1.54, 1.807) is 12.1 Å². The third-order valence-corrected chi connectivity index (χ3v) is 10.1. The summed E-state index contributed by atoms with van der Waals surface area (Å²) in [6.45, 7) is 9.85. The summed E-state index contributed by atoms with van der Waals surface area (Å²) in [5.41, 5.74) is 1.67. The number of rotatable bonds is 7. The third-order valence-electron chi connectivity index (χ3n) is 8.81. The van der Waals surface area contributed by atoms with Gasteiger partial charge in [0.1, 0.15) is 0 Å². The Hall–Kier alpha value is -1.97. The molecule has 9 heteroatoms. The maximum atomic E-state index is 14.3. The number of hydrogen-bond acceptors (Lipinski definition) is 4. The summed E-state index contributed by atoms with van der Waals surface area (Å²) in [4.78, 5) is 13.7. The van der Waals surface area contributed by atoms with E-state index in [2.05, 4.69) is 14.6 Å². The lowest BCUT2D eigenvalue weighted by molar-refractivity contribution is -0.139. The van der Waals surface area contributed by atoms with Gasteiger partial charge in [-0.15, -0.1) is 0 Å². The van der Waals surface area contributed by atoms with Gasteiger partial charge in [0, 0.05) is 47.6 Å². The van der Waals surface area contributed by atoms with E-state index in [1.165, 1.54) is 25.3 Å². The van der Waals surface area contributed by atoms with Crippen LogP contribution in [0.15, 0.2) is 29.2 Å². The molecule has 1 amide bonds. The number of carbonyl (C=O) groups is 1. The molecule has 2 N–H and O–H groups in total. The van der Waals surface area contributed by atoms with Crippen LogP contribution in [-0.2, 0) is 17.5 Å². The summed E-state index contributed by atoms with van der Waals surface area (Å²) in [6.07, 6.45) is 4.16. The van der Waals surface area contributed by atoms with E-state index in [4.69, 9.17) is 4.74 Å². The predicted molar refractivity (Wildman–Crippen MR) is 153 cm³/mol. The highest BCUT2D eigenvalue weighted by atomic mass is 32.2. The third kappa shape index (κ3) is 6.57. The first-order valence-corrected chi connectivity index (χ1v) is 15.4. The number of alkyl halides is 3. The minimum absolute atomic E-state index is 0.132. The number of nitrogens with one attached hydrogen (secondary N) is 2. The fourth-order valence-electron chi connectivity index (χ4n) is 6.30. The average molecular weight is 578 g/mol. The van der Waals surface area contributed by atoms with Gasteiger partial charge in [0.2, 0.25) is 0 Å². The van der Waals surface area contributed by atoms with E-state index in [0.29, 0.717) is 29.3 Å². The first kappa shape index (κ1) is 29.5. The molecule has 1 saturated heterocycles. The van der Waals surface area contributed by atoms with Gasteiger partial charge >= 0.3 is 6.18 Å². The van der Waals surface area contributed by atoms with Crippen molar-refractivity contribution >= 4 is 17.9 Å². The lowest BCUT2D eigenvalue weighted by atomic mass is 9.89. The molecule has 1 unspecified atom stereocenters. The first-order chi connectivity index (χ1) is 18.9. The zero-order valence-corrected chi connectivity index (χ0v) is 24.9. The van der Waals surface area contributed by atoms with Gasteiger partial charge in [0.15, 0.2) is 0 Å². The zero-order chi connectivity index (χ0) is 28.7. The van der Waals surface area contributed by atoms with E-state index in [9.17, 15) is 18.0 Å². The minimum atomic E-state index is -4.50. The fraction of sp³-hybridized carbons (Fsp3) is 0.645. The number of nitrogens with zero attached hydrogens (tertiary/aromatic N) is 1. The molecule has 2 aromatic rings. The molecular formula is C31H42F3N3O2S. The standard InChI is InChI=1S/C31H42F3N3O2S/c1-20-23(28(38)35-27-18-30(27)12-14-39-15-13-30)17-25(37(20)19-21-8-6-5-7-9-21)22-10-11-26(40-36-29(2,3)4)24(16-22)31(32,33)34/h10-11,16-17,21,27,36H,5-9,12-15,18-19H2,1-4H3,(H,35,38). The topological polar surface area (TPSA) is 55.3 Å². The van der Waals surface area contributed by atoms with Crippen LogP contribution in [0.4, 0.5) is 13.2 Å². The molecule has 2 aliphatic carbocycles. The van der Waals surface area contributed by atoms with E-state index in [1.807, 2.05) is 33.8 Å². The highest BCUT2D eigenvalue weighted by Crippen LogP contribution is 2.53. The van der Waals surface area contributed by atoms with Crippen molar-refractivity contribution in [3.8, 4) is 11.3 Å². The molecule has 1 spiro atoms. The van der Waals surface area contributed by atoms with Gasteiger partial charge in [-0.25, -0.2) is 0 Å². The first-order valence-electron chi connectivity index (χ1n) is 14.6. The Kier molecular flexibility index (Phi) is 8.39. The molecule has 3 fully saturated rings. The molecular weight excluding hydrogens is 535 g/mol. The molecule has 1 aromatic carbocycles. The maximum Gasteiger partial charge on any atom is 0.417 e. The second-order valence-corrected chi connectivity index (χ2v) is 13.9. The van der Waals surface area contributed by atoms with Crippen molar-refractivity contribution in [3.05, 3.63) is 41.1 Å². The van der Waals surface area contributed by atoms with Gasteiger partial charge in [-0.3, -0.25) is 9.52 Å². The van der Waals surface area contributed by atoms with Crippen molar-refractivity contribution in [2.24, 2.45) is 11.3 Å². The Morgan fingerprint density at radius 2 is 1.80 bits per heavy atom. The van der Waals surface area contributed by atoms with Gasteiger partial charge in [-0.05, 0) is 107 Å². The molecule has 1 atom stereocenters. The summed E-state index contributed by atoms with van der Waals surface area (Å²) in [5.74, 6) is 0.323. The number of benzene rings is 1. The normalized spacial score (nSPS) is 21.5. The SMILES string of the molecule is Cc1c(C(=O)NC2CC23CCOCC3)cc(-c2ccc(SNC(C)(C)C)c(C(F)(F)F)c2)n1CC1CCCCC1. The lowest BCUT2D eigenvalue weighted by Crippen LogP contribution is -2.32. The van der Waals surface area contributed by atoms with Gasteiger partial charge in [0.25, 0.3) is 5.91 Å². The molecule has 0 bridgehead atoms. The van der Waals surface area contributed by atoms with E-state index in [-0.39, 0.29) is 27.8 Å². The quantitative estimate of drug-likeness (QED) is 0.330. The van der Waals surface area contributed by atoms with Gasteiger partial charge in [-0.2, -0.15) is 13.2 Å². The van der Waals surface area contributed by atoms with E-state index < -0.39 is 11.7 Å². The van der Waals surface area contributed by atoms with Crippen molar-refractivity contribution in [1.29, 1.82) is 0 Å². The molecule has 1 aromatic heterocycles. The number of ether oxygens (including phenoxy) is 1. The Balaban J connectivity index is 1.48. The smallest absolute Gasteiger partial charge is 0.381 e. The summed E-state index contributed by atoms with van der Waals surface area (Å²) < 4.78 is 53.5. The van der Waals surface area contributed by atoms with Crippen molar-refractivity contribution in [1.82, 2.24) is 14.6 Å². The van der Waals surface area contributed by atoms with E-state index >= 15 is 0 Å². The van der Waals surface area contributed by atoms with E-state index in [0.717, 1.165) is 63.0 Å². The van der Waals surface area contributed by atoms with Crippen molar-refractivity contribution < 1.29 is 22.7 Å². The Labute approximate surface area is 240 Å². The monoisotopic (exact) mass is 577 g/mol. The molecule has 5 rings (SSSR count). The zero-order valence-electron chi connectivity index (χ0n) is 24.0. The molecule has 5 nitrogen and oxygen atoms in total. The van der Waals surface area contributed by atoms with Crippen LogP contribution in [0.25, 0.3) is 11.3 Å². The largest absolute Gasteiger partial charge is 0.417 e. The summed E-state index contributed by atoms with van der Waals surface area (Å²) in [7, 11) is 0. The van der Waals surface area contributed by atoms with Crippen LogP contribution in [0, 0.1) is 18.3 Å². The predicted octanol–water partition coefficient (Wildman–Crippen LogP) is 7.76. The summed E-state index contributed by atoms with van der Waals surface area (Å²) >= 11 is 1.01. The number of hydrogen-bond donors (Lipinski definition) is 2. The number of halogens is 3. The van der Waals surface area contributed by atoms with Crippen molar-refractivity contribution in [3.63, 3.8) is 0 Å². The highest BCUT2D eigenvalue weighted by Gasteiger charge is 2.55. The number of amides is 1. The van der Waals surface area contributed by atoms with Gasteiger partial charge in [-0.1, -0.05) is 25.3 Å². The Morgan fingerprint density at radius 3 is 2.45 bits per heavy atom. The highest BCUT2D eigenvalue weighted by molar-refractivity contribution is 7.97. The van der Waals surface area contributed by atoms with Crippen LogP contribution in [0.1, 0.15) is 93.8 Å². The Bertz CT molecular complexity index is 1220. The van der Waals surface area contributed by atoms with Gasteiger partial charge < -0.3 is 14.6 Å². The lowest BCUT2D eigenvalue weighted by Gasteiger charge is -2.25. The van der Waals surface area contributed by atoms with Crippen LogP contribution >= 0.6 is 11.9 Å². The molecule has 220 valence electrons. The molecule has 40 heavy (non-hydrogen) atoms. The summed E-state index contributed by atoms with van der Waals surface area (Å²) in [6, 6.07) is 6.50. The average Bonchev–Trinajstić information content (AvgIpc) is 3.43. The molecule has 1 aliphatic heterocycles. The van der Waals surface area contributed by atoms with Crippen LogP contribution < -0.4 is 10.0 Å². The summed E-state index contributed by atoms with van der Waals surface area (Å²) in [5, 5.41) is 3.24. The Morgan fingerprint density at radius 1 is 1.10 bits per heavy atom. The molecule has 2 saturated carbocycles. The van der Waals surface area contributed by atoms with Crippen LogP contribution in [-0.4, -0.2) is 35.3 Å². The second-order valence-electron chi connectivity index (χ2n) is 13.0. The van der Waals surface area contributed by atoms with Crippen molar-refractivity contribution in [2.45, 2.75) is 108 Å². The maximum absolute atomic E-state index is 14.3. The molecule has 2 heterocycles. The molecule has 0 radical (unpaired) electrons. The number of aromatic nitrogens is 1. The van der Waals surface area contributed by atoms with Gasteiger partial charge in [0.05, 0.1) is 11.1 Å². The van der Waals surface area contributed by atoms with Crippen LogP contribution in [0.2, 0.25) is 0 Å². The second kappa shape index (κ2) is 11.4. The molecule has 3 aliphatic rings. The number of carbonyl (C=O) groups excluding carboxylic acids is 1. The fourth-order valence-corrected chi connectivity index (χ4v) is 7.14. The van der Waals surface area contributed by atoms with Crippen LogP contribution in [0.5, 0.6) is 0 Å². The van der Waals surface area contributed by atoms with Crippen molar-refractivity contribution in [2.75, 3.05) is 13.2 Å². The minimum Gasteiger partial charge on any atom is -0.381 e. The van der Waals surface area contributed by atoms with Crippen LogP contribution in [0.3, 0.4) is 0 Å².